The molecular weight excluding hydrogens is 295 g/mol. The quantitative estimate of drug-likeness (QED) is 0.819. The topological polar surface area (TPSA) is 75.4 Å². The monoisotopic (exact) mass is 311 g/mol. The van der Waals surface area contributed by atoms with Gasteiger partial charge in [-0.25, -0.2) is 13.1 Å². The molecule has 0 fully saturated rings. The van der Waals surface area contributed by atoms with E-state index >= 15 is 0 Å². The zero-order valence-corrected chi connectivity index (χ0v) is 11.6. The van der Waals surface area contributed by atoms with Crippen molar-refractivity contribution in [3.63, 3.8) is 0 Å². The third-order valence-electron chi connectivity index (χ3n) is 2.53. The van der Waals surface area contributed by atoms with Crippen LogP contribution in [0.1, 0.15) is 0 Å². The van der Waals surface area contributed by atoms with Crippen LogP contribution in [0.15, 0.2) is 29.2 Å². The average Bonchev–Trinajstić information content (AvgIpc) is 2.37. The summed E-state index contributed by atoms with van der Waals surface area (Å²) in [6.07, 6.45) is -4.45. The van der Waals surface area contributed by atoms with Gasteiger partial charge >= 0.3 is 6.18 Å². The lowest BCUT2D eigenvalue weighted by Gasteiger charge is -2.27. The van der Waals surface area contributed by atoms with E-state index in [1.54, 1.807) is 0 Å². The van der Waals surface area contributed by atoms with Crippen molar-refractivity contribution in [2.24, 2.45) is 5.73 Å². The Morgan fingerprint density at radius 2 is 1.90 bits per heavy atom. The number of nitrogens with two attached hydrogens (primary N) is 1. The molecular formula is C11H16F3N3O2S. The maximum Gasteiger partial charge on any atom is 0.405 e. The molecule has 3 N–H and O–H groups in total. The maximum absolute atomic E-state index is 12.6. The zero-order valence-electron chi connectivity index (χ0n) is 10.8. The Kier molecular flexibility index (Phi) is 5.37. The molecule has 0 aromatic heterocycles. The summed E-state index contributed by atoms with van der Waals surface area (Å²) in [6, 6.07) is 5.50. The van der Waals surface area contributed by atoms with E-state index in [0.717, 1.165) is 4.90 Å². The van der Waals surface area contributed by atoms with Crippen LogP contribution in [-0.4, -0.2) is 41.3 Å². The van der Waals surface area contributed by atoms with Crippen LogP contribution in [0.5, 0.6) is 0 Å². The molecule has 20 heavy (non-hydrogen) atoms. The van der Waals surface area contributed by atoms with Crippen molar-refractivity contribution < 1.29 is 21.6 Å². The second-order valence-corrected chi connectivity index (χ2v) is 5.86. The van der Waals surface area contributed by atoms with E-state index in [9.17, 15) is 21.6 Å². The first-order valence-corrected chi connectivity index (χ1v) is 7.24. The number of nitrogens with one attached hydrogen (secondary N) is 1. The standard InChI is InChI=1S/C11H16F3N3O2S/c1-16-20(18,19)10-5-3-2-4-9(10)17(7-6-15)8-11(12,13)14/h2-5,16H,6-8,15H2,1H3. The second kappa shape index (κ2) is 6.42. The predicted octanol–water partition coefficient (Wildman–Crippen LogP) is 0.922. The molecule has 1 aromatic carbocycles. The Hall–Kier alpha value is -1.32. The molecule has 0 saturated heterocycles. The normalized spacial score (nSPS) is 12.4. The molecule has 0 saturated carbocycles. The first kappa shape index (κ1) is 16.7. The van der Waals surface area contributed by atoms with Crippen LogP contribution in [0.2, 0.25) is 0 Å². The van der Waals surface area contributed by atoms with Gasteiger partial charge < -0.3 is 10.6 Å². The van der Waals surface area contributed by atoms with Crippen LogP contribution >= 0.6 is 0 Å². The molecule has 0 radical (unpaired) electrons. The van der Waals surface area contributed by atoms with E-state index in [-0.39, 0.29) is 23.7 Å². The summed E-state index contributed by atoms with van der Waals surface area (Å²) in [5.41, 5.74) is 5.28. The molecule has 0 unspecified atom stereocenters. The van der Waals surface area contributed by atoms with Gasteiger partial charge in [0.15, 0.2) is 0 Å². The number of alkyl halides is 3. The van der Waals surface area contributed by atoms with Gasteiger partial charge in [0.1, 0.15) is 11.4 Å². The highest BCUT2D eigenvalue weighted by Gasteiger charge is 2.32. The minimum Gasteiger partial charge on any atom is -0.360 e. The first-order valence-electron chi connectivity index (χ1n) is 5.75. The third-order valence-corrected chi connectivity index (χ3v) is 4.00. The number of sulfonamides is 1. The molecule has 0 aliphatic rings. The lowest BCUT2D eigenvalue weighted by atomic mass is 10.2. The molecule has 0 spiro atoms. The highest BCUT2D eigenvalue weighted by molar-refractivity contribution is 7.89. The largest absolute Gasteiger partial charge is 0.405 e. The van der Waals surface area contributed by atoms with Gasteiger partial charge in [-0.15, -0.1) is 0 Å². The number of nitrogens with zero attached hydrogens (tertiary/aromatic N) is 1. The van der Waals surface area contributed by atoms with Gasteiger partial charge in [0.25, 0.3) is 0 Å². The molecule has 114 valence electrons. The van der Waals surface area contributed by atoms with Gasteiger partial charge in [-0.1, -0.05) is 12.1 Å². The minimum absolute atomic E-state index is 0.0235. The Bertz CT molecular complexity index is 546. The van der Waals surface area contributed by atoms with Crippen molar-refractivity contribution in [2.45, 2.75) is 11.1 Å². The van der Waals surface area contributed by atoms with E-state index in [1.165, 1.54) is 31.3 Å². The molecule has 0 aliphatic carbocycles. The number of para-hydroxylation sites is 1. The molecule has 0 heterocycles. The van der Waals surface area contributed by atoms with Crippen LogP contribution in [0.25, 0.3) is 0 Å². The number of halogens is 3. The van der Waals surface area contributed by atoms with Gasteiger partial charge in [0.2, 0.25) is 10.0 Å². The van der Waals surface area contributed by atoms with Gasteiger partial charge in [-0.3, -0.25) is 0 Å². The van der Waals surface area contributed by atoms with Crippen molar-refractivity contribution in [3.8, 4) is 0 Å². The summed E-state index contributed by atoms with van der Waals surface area (Å²) in [5, 5.41) is 0. The van der Waals surface area contributed by atoms with Crippen LogP contribution in [-0.2, 0) is 10.0 Å². The zero-order chi connectivity index (χ0) is 15.4. The van der Waals surface area contributed by atoms with Gasteiger partial charge in [0, 0.05) is 13.1 Å². The second-order valence-electron chi connectivity index (χ2n) is 4.00. The number of anilines is 1. The van der Waals surface area contributed by atoms with E-state index in [2.05, 4.69) is 4.72 Å². The van der Waals surface area contributed by atoms with Crippen molar-refractivity contribution >= 4 is 15.7 Å². The van der Waals surface area contributed by atoms with Crippen LogP contribution < -0.4 is 15.4 Å². The molecule has 5 nitrogen and oxygen atoms in total. The number of hydrogen-bond acceptors (Lipinski definition) is 4. The van der Waals surface area contributed by atoms with Crippen molar-refractivity contribution in [1.82, 2.24) is 4.72 Å². The molecule has 9 heteroatoms. The SMILES string of the molecule is CNS(=O)(=O)c1ccccc1N(CCN)CC(F)(F)F. The lowest BCUT2D eigenvalue weighted by Crippen LogP contribution is -2.38. The number of hydrogen-bond donors (Lipinski definition) is 2. The lowest BCUT2D eigenvalue weighted by molar-refractivity contribution is -0.119. The summed E-state index contributed by atoms with van der Waals surface area (Å²) in [6.45, 7) is -1.39. The Balaban J connectivity index is 3.27. The fourth-order valence-corrected chi connectivity index (χ4v) is 2.66. The van der Waals surface area contributed by atoms with Crippen molar-refractivity contribution in [2.75, 3.05) is 31.6 Å². The minimum atomic E-state index is -4.45. The Labute approximate surface area is 115 Å². The average molecular weight is 311 g/mol. The summed E-state index contributed by atoms with van der Waals surface area (Å²) in [4.78, 5) is 0.699. The molecule has 1 aromatic rings. The molecule has 0 atom stereocenters. The van der Waals surface area contributed by atoms with Crippen LogP contribution in [0, 0.1) is 0 Å². The van der Waals surface area contributed by atoms with E-state index in [4.69, 9.17) is 5.73 Å². The van der Waals surface area contributed by atoms with E-state index in [1.807, 2.05) is 0 Å². The Morgan fingerprint density at radius 1 is 1.30 bits per heavy atom. The molecule has 0 amide bonds. The van der Waals surface area contributed by atoms with E-state index in [0.29, 0.717) is 0 Å². The summed E-state index contributed by atoms with van der Waals surface area (Å²) in [7, 11) is -2.65. The van der Waals surface area contributed by atoms with Crippen LogP contribution in [0.4, 0.5) is 18.9 Å². The van der Waals surface area contributed by atoms with E-state index < -0.39 is 22.7 Å². The van der Waals surface area contributed by atoms with Crippen LogP contribution in [0.3, 0.4) is 0 Å². The predicted molar refractivity (Wildman–Crippen MR) is 70.0 cm³/mol. The van der Waals surface area contributed by atoms with Crippen molar-refractivity contribution in [1.29, 1.82) is 0 Å². The van der Waals surface area contributed by atoms with Gasteiger partial charge in [-0.2, -0.15) is 13.2 Å². The number of benzene rings is 1. The third kappa shape index (κ3) is 4.36. The molecule has 0 aliphatic heterocycles. The first-order chi connectivity index (χ1) is 9.21. The summed E-state index contributed by atoms with van der Waals surface area (Å²) in [5.74, 6) is 0. The molecule has 0 bridgehead atoms. The highest BCUT2D eigenvalue weighted by atomic mass is 32.2. The summed E-state index contributed by atoms with van der Waals surface area (Å²) < 4.78 is 63.5. The Morgan fingerprint density at radius 3 is 2.40 bits per heavy atom. The highest BCUT2D eigenvalue weighted by Crippen LogP contribution is 2.27. The van der Waals surface area contributed by atoms with Gasteiger partial charge in [0.05, 0.1) is 5.69 Å². The van der Waals surface area contributed by atoms with Crippen molar-refractivity contribution in [3.05, 3.63) is 24.3 Å². The summed E-state index contributed by atoms with van der Waals surface area (Å²) >= 11 is 0. The fraction of sp³-hybridized carbons (Fsp3) is 0.455. The fourth-order valence-electron chi connectivity index (χ4n) is 1.71. The maximum atomic E-state index is 12.6. The number of rotatable bonds is 6. The van der Waals surface area contributed by atoms with Gasteiger partial charge in [-0.05, 0) is 19.2 Å². The molecule has 1 rings (SSSR count). The smallest absolute Gasteiger partial charge is 0.360 e.